The summed E-state index contributed by atoms with van der Waals surface area (Å²) in [4.78, 5) is 5.99. The van der Waals surface area contributed by atoms with Crippen molar-refractivity contribution in [2.45, 2.75) is 6.42 Å². The minimum atomic E-state index is 0.661. The van der Waals surface area contributed by atoms with Crippen molar-refractivity contribution in [2.75, 3.05) is 18.0 Å². The first-order valence-electron chi connectivity index (χ1n) is 3.51. The standard InChI is InChI=1S/C6H8N4O/c1-2-7-5-10(3-1)6-4-8-9-11-6/h4-5H,1-3H2. The average molecular weight is 152 g/mol. The Kier molecular flexibility index (Phi) is 1.55. The average Bonchev–Trinajstić information content (AvgIpc) is 2.58. The summed E-state index contributed by atoms with van der Waals surface area (Å²) in [5.74, 6) is 0.661. The van der Waals surface area contributed by atoms with Gasteiger partial charge in [0.1, 0.15) is 6.20 Å². The molecule has 0 spiro atoms. The summed E-state index contributed by atoms with van der Waals surface area (Å²) < 4.78 is 4.85. The van der Waals surface area contributed by atoms with Gasteiger partial charge in [0, 0.05) is 18.4 Å². The number of hydrogen-bond donors (Lipinski definition) is 0. The maximum absolute atomic E-state index is 4.85. The normalized spacial score (nSPS) is 17.3. The van der Waals surface area contributed by atoms with Crippen molar-refractivity contribution in [3.8, 4) is 0 Å². The Labute approximate surface area is 63.7 Å². The zero-order chi connectivity index (χ0) is 7.52. The van der Waals surface area contributed by atoms with Crippen LogP contribution in [0.3, 0.4) is 0 Å². The van der Waals surface area contributed by atoms with Gasteiger partial charge in [0.15, 0.2) is 0 Å². The lowest BCUT2D eigenvalue weighted by Crippen LogP contribution is -2.26. The molecule has 0 bridgehead atoms. The first-order valence-corrected chi connectivity index (χ1v) is 3.51. The molecule has 0 aromatic carbocycles. The highest BCUT2D eigenvalue weighted by molar-refractivity contribution is 5.76. The smallest absolute Gasteiger partial charge is 0.253 e. The Bertz CT molecular complexity index is 243. The van der Waals surface area contributed by atoms with Gasteiger partial charge in [0.25, 0.3) is 5.88 Å². The predicted molar refractivity (Wildman–Crippen MR) is 39.6 cm³/mol. The van der Waals surface area contributed by atoms with Gasteiger partial charge in [-0.15, -0.1) is 5.10 Å². The van der Waals surface area contributed by atoms with Crippen LogP contribution < -0.4 is 4.90 Å². The molecule has 0 saturated carbocycles. The van der Waals surface area contributed by atoms with Crippen molar-refractivity contribution >= 4 is 12.2 Å². The Hall–Kier alpha value is -1.39. The van der Waals surface area contributed by atoms with Gasteiger partial charge in [0.05, 0.1) is 6.34 Å². The summed E-state index contributed by atoms with van der Waals surface area (Å²) in [6.45, 7) is 1.83. The third-order valence-electron chi connectivity index (χ3n) is 1.54. The predicted octanol–water partition coefficient (Wildman–Crippen LogP) is 0.308. The van der Waals surface area contributed by atoms with Gasteiger partial charge in [-0.3, -0.25) is 9.89 Å². The van der Waals surface area contributed by atoms with E-state index in [0.29, 0.717) is 5.88 Å². The van der Waals surface area contributed by atoms with Gasteiger partial charge in [-0.2, -0.15) is 0 Å². The van der Waals surface area contributed by atoms with Gasteiger partial charge in [-0.05, 0) is 6.42 Å². The molecule has 0 N–H and O–H groups in total. The van der Waals surface area contributed by atoms with E-state index in [4.69, 9.17) is 4.52 Å². The Balaban J connectivity index is 2.16. The van der Waals surface area contributed by atoms with Crippen LogP contribution in [-0.4, -0.2) is 29.8 Å². The van der Waals surface area contributed by atoms with E-state index in [9.17, 15) is 0 Å². The largest absolute Gasteiger partial charge is 0.319 e. The highest BCUT2D eigenvalue weighted by Gasteiger charge is 2.09. The highest BCUT2D eigenvalue weighted by atomic mass is 16.5. The first-order chi connectivity index (χ1) is 5.47. The molecule has 1 aliphatic rings. The number of hydrogen-bond acceptors (Lipinski definition) is 5. The molecule has 0 aliphatic carbocycles. The minimum absolute atomic E-state index is 0.661. The van der Waals surface area contributed by atoms with E-state index in [1.807, 2.05) is 4.90 Å². The summed E-state index contributed by atoms with van der Waals surface area (Å²) in [5, 5.41) is 6.95. The third-order valence-corrected chi connectivity index (χ3v) is 1.54. The van der Waals surface area contributed by atoms with Crippen LogP contribution in [0.15, 0.2) is 15.7 Å². The molecule has 0 atom stereocenters. The lowest BCUT2D eigenvalue weighted by molar-refractivity contribution is 0.397. The molecule has 0 unspecified atom stereocenters. The lowest BCUT2D eigenvalue weighted by Gasteiger charge is -2.17. The molecule has 0 amide bonds. The van der Waals surface area contributed by atoms with E-state index >= 15 is 0 Å². The van der Waals surface area contributed by atoms with Crippen LogP contribution in [0.1, 0.15) is 6.42 Å². The molecule has 2 rings (SSSR count). The molecule has 1 aromatic rings. The van der Waals surface area contributed by atoms with Gasteiger partial charge in [-0.1, -0.05) is 0 Å². The van der Waals surface area contributed by atoms with Crippen LogP contribution in [0.2, 0.25) is 0 Å². The maximum Gasteiger partial charge on any atom is 0.253 e. The second-order valence-corrected chi connectivity index (χ2v) is 2.32. The van der Waals surface area contributed by atoms with E-state index in [2.05, 4.69) is 15.4 Å². The molecule has 0 radical (unpaired) electrons. The molecule has 58 valence electrons. The van der Waals surface area contributed by atoms with Gasteiger partial charge in [0.2, 0.25) is 0 Å². The van der Waals surface area contributed by atoms with Crippen LogP contribution >= 0.6 is 0 Å². The zero-order valence-electron chi connectivity index (χ0n) is 5.97. The summed E-state index contributed by atoms with van der Waals surface area (Å²) in [6.07, 6.45) is 4.39. The summed E-state index contributed by atoms with van der Waals surface area (Å²) in [6, 6.07) is 0. The summed E-state index contributed by atoms with van der Waals surface area (Å²) in [5.41, 5.74) is 0. The highest BCUT2D eigenvalue weighted by Crippen LogP contribution is 2.10. The number of aromatic nitrogens is 2. The molecular formula is C6H8N4O. The fraction of sp³-hybridized carbons (Fsp3) is 0.500. The van der Waals surface area contributed by atoms with Gasteiger partial charge >= 0.3 is 0 Å². The fourth-order valence-electron chi connectivity index (χ4n) is 1.00. The molecule has 0 saturated heterocycles. The van der Waals surface area contributed by atoms with E-state index in [0.717, 1.165) is 19.5 Å². The van der Waals surface area contributed by atoms with Crippen LogP contribution in [0.4, 0.5) is 5.88 Å². The van der Waals surface area contributed by atoms with Crippen LogP contribution in [0.5, 0.6) is 0 Å². The Morgan fingerprint density at radius 1 is 1.55 bits per heavy atom. The fourth-order valence-corrected chi connectivity index (χ4v) is 1.00. The minimum Gasteiger partial charge on any atom is -0.319 e. The van der Waals surface area contributed by atoms with Crippen molar-refractivity contribution in [3.05, 3.63) is 6.20 Å². The van der Waals surface area contributed by atoms with E-state index in [-0.39, 0.29) is 0 Å². The van der Waals surface area contributed by atoms with Crippen molar-refractivity contribution in [1.82, 2.24) is 10.4 Å². The maximum atomic E-state index is 4.85. The summed E-state index contributed by atoms with van der Waals surface area (Å²) in [7, 11) is 0. The second kappa shape index (κ2) is 2.69. The molecule has 1 aromatic heterocycles. The molecule has 0 fully saturated rings. The summed E-state index contributed by atoms with van der Waals surface area (Å²) >= 11 is 0. The van der Waals surface area contributed by atoms with E-state index in [1.165, 1.54) is 0 Å². The molecule has 5 heteroatoms. The van der Waals surface area contributed by atoms with Crippen LogP contribution in [0, 0.1) is 0 Å². The number of rotatable bonds is 1. The monoisotopic (exact) mass is 152 g/mol. The van der Waals surface area contributed by atoms with E-state index in [1.54, 1.807) is 12.5 Å². The SMILES string of the molecule is C1=NCCCN1c1cnno1. The topological polar surface area (TPSA) is 54.5 Å². The quantitative estimate of drug-likeness (QED) is 0.581. The first kappa shape index (κ1) is 6.33. The number of nitrogens with zero attached hydrogens (tertiary/aromatic N) is 4. The molecule has 11 heavy (non-hydrogen) atoms. The van der Waals surface area contributed by atoms with Gasteiger partial charge < -0.3 is 4.52 Å². The van der Waals surface area contributed by atoms with Crippen molar-refractivity contribution in [1.29, 1.82) is 0 Å². The lowest BCUT2D eigenvalue weighted by atomic mass is 10.3. The zero-order valence-corrected chi connectivity index (χ0v) is 5.97. The third kappa shape index (κ3) is 1.21. The van der Waals surface area contributed by atoms with Crippen molar-refractivity contribution < 1.29 is 4.52 Å². The van der Waals surface area contributed by atoms with Crippen LogP contribution in [0.25, 0.3) is 0 Å². The molecular weight excluding hydrogens is 144 g/mol. The van der Waals surface area contributed by atoms with E-state index < -0.39 is 0 Å². The molecule has 1 aliphatic heterocycles. The van der Waals surface area contributed by atoms with Gasteiger partial charge in [-0.25, -0.2) is 0 Å². The van der Waals surface area contributed by atoms with Crippen molar-refractivity contribution in [3.63, 3.8) is 0 Å². The second-order valence-electron chi connectivity index (χ2n) is 2.32. The van der Waals surface area contributed by atoms with Crippen LogP contribution in [-0.2, 0) is 0 Å². The molecule has 5 nitrogen and oxygen atoms in total. The number of anilines is 1. The Morgan fingerprint density at radius 2 is 2.55 bits per heavy atom. The molecule has 2 heterocycles. The van der Waals surface area contributed by atoms with Crippen molar-refractivity contribution in [2.24, 2.45) is 4.99 Å². The Morgan fingerprint density at radius 3 is 3.18 bits per heavy atom. The number of aliphatic imine (C=N–C) groups is 1.